The van der Waals surface area contributed by atoms with E-state index in [1.165, 1.54) is 5.69 Å². The number of rotatable bonds is 6. The highest BCUT2D eigenvalue weighted by molar-refractivity contribution is 5.96. The summed E-state index contributed by atoms with van der Waals surface area (Å²) in [6.07, 6.45) is 2.06. The summed E-state index contributed by atoms with van der Waals surface area (Å²) in [6.45, 7) is 5.90. The van der Waals surface area contributed by atoms with Crippen molar-refractivity contribution < 1.29 is 14.3 Å². The standard InChI is InChI=1S/C20H26N4O3/c1-14-6-7-18(27-3)16(11-14)22-19(25)12-21-20(26)13-24-10-9-23-8-4-5-17(23)15(24)2/h4-8,11,15H,9-10,12-13H2,1-3H3,(H,21,26)(H,22,25)/t15-/m0/s1. The van der Waals surface area contributed by atoms with E-state index in [0.717, 1.165) is 18.7 Å². The molecule has 3 rings (SSSR count). The monoisotopic (exact) mass is 370 g/mol. The van der Waals surface area contributed by atoms with E-state index in [1.807, 2.05) is 25.1 Å². The lowest BCUT2D eigenvalue weighted by Gasteiger charge is -2.34. The Morgan fingerprint density at radius 1 is 1.22 bits per heavy atom. The Balaban J connectivity index is 1.49. The Kier molecular flexibility index (Phi) is 5.81. The smallest absolute Gasteiger partial charge is 0.243 e. The molecule has 0 saturated heterocycles. The number of hydrogen-bond donors (Lipinski definition) is 2. The second kappa shape index (κ2) is 8.26. The molecule has 7 heteroatoms. The van der Waals surface area contributed by atoms with Crippen molar-refractivity contribution in [3.05, 3.63) is 47.8 Å². The summed E-state index contributed by atoms with van der Waals surface area (Å²) in [6, 6.07) is 9.83. The van der Waals surface area contributed by atoms with Crippen molar-refractivity contribution >= 4 is 17.5 Å². The van der Waals surface area contributed by atoms with Crippen molar-refractivity contribution in [1.29, 1.82) is 0 Å². The maximum absolute atomic E-state index is 12.3. The van der Waals surface area contributed by atoms with Gasteiger partial charge in [-0.2, -0.15) is 0 Å². The van der Waals surface area contributed by atoms with Crippen LogP contribution in [0.1, 0.15) is 24.2 Å². The number of ether oxygens (including phenoxy) is 1. The molecule has 0 spiro atoms. The van der Waals surface area contributed by atoms with Crippen molar-refractivity contribution in [2.45, 2.75) is 26.4 Å². The molecule has 2 heterocycles. The summed E-state index contributed by atoms with van der Waals surface area (Å²) in [4.78, 5) is 26.6. The van der Waals surface area contributed by atoms with E-state index in [9.17, 15) is 9.59 Å². The summed E-state index contributed by atoms with van der Waals surface area (Å²) in [7, 11) is 1.55. The van der Waals surface area contributed by atoms with Crippen LogP contribution in [-0.2, 0) is 16.1 Å². The van der Waals surface area contributed by atoms with Gasteiger partial charge in [-0.15, -0.1) is 0 Å². The van der Waals surface area contributed by atoms with E-state index < -0.39 is 0 Å². The second-order valence-electron chi connectivity index (χ2n) is 6.80. The van der Waals surface area contributed by atoms with Gasteiger partial charge in [-0.1, -0.05) is 6.07 Å². The van der Waals surface area contributed by atoms with Crippen LogP contribution in [0.3, 0.4) is 0 Å². The molecule has 27 heavy (non-hydrogen) atoms. The minimum atomic E-state index is -0.284. The summed E-state index contributed by atoms with van der Waals surface area (Å²) in [5.41, 5.74) is 2.82. The van der Waals surface area contributed by atoms with Crippen molar-refractivity contribution in [3.63, 3.8) is 0 Å². The zero-order valence-corrected chi connectivity index (χ0v) is 16.0. The number of fused-ring (bicyclic) bond motifs is 1. The van der Waals surface area contributed by atoms with Gasteiger partial charge in [0, 0.05) is 31.0 Å². The van der Waals surface area contributed by atoms with Crippen LogP contribution in [0.2, 0.25) is 0 Å². The molecule has 0 bridgehead atoms. The topological polar surface area (TPSA) is 75.6 Å². The highest BCUT2D eigenvalue weighted by atomic mass is 16.5. The van der Waals surface area contributed by atoms with E-state index in [2.05, 4.69) is 39.3 Å². The highest BCUT2D eigenvalue weighted by Gasteiger charge is 2.25. The zero-order valence-electron chi connectivity index (χ0n) is 16.0. The van der Waals surface area contributed by atoms with Crippen LogP contribution in [0, 0.1) is 6.92 Å². The number of carbonyl (C=O) groups is 2. The van der Waals surface area contributed by atoms with Crippen LogP contribution in [0.5, 0.6) is 5.75 Å². The predicted octanol–water partition coefficient (Wildman–Crippen LogP) is 1.94. The third-order valence-electron chi connectivity index (χ3n) is 4.89. The van der Waals surface area contributed by atoms with Gasteiger partial charge in [0.05, 0.1) is 25.9 Å². The third-order valence-corrected chi connectivity index (χ3v) is 4.89. The van der Waals surface area contributed by atoms with Crippen LogP contribution < -0.4 is 15.4 Å². The summed E-state index contributed by atoms with van der Waals surface area (Å²) in [5.74, 6) is 0.145. The number of anilines is 1. The molecule has 7 nitrogen and oxygen atoms in total. The van der Waals surface area contributed by atoms with Gasteiger partial charge in [-0.25, -0.2) is 0 Å². The van der Waals surface area contributed by atoms with Gasteiger partial charge in [0.15, 0.2) is 0 Å². The molecular formula is C20H26N4O3. The van der Waals surface area contributed by atoms with Crippen molar-refractivity contribution in [2.75, 3.05) is 32.1 Å². The first-order chi connectivity index (χ1) is 13.0. The SMILES string of the molecule is COc1ccc(C)cc1NC(=O)CNC(=O)CN1CCn2cccc2[C@@H]1C. The van der Waals surface area contributed by atoms with Crippen molar-refractivity contribution in [3.8, 4) is 5.75 Å². The summed E-state index contributed by atoms with van der Waals surface area (Å²) >= 11 is 0. The quantitative estimate of drug-likeness (QED) is 0.815. The number of amides is 2. The Labute approximate surface area is 159 Å². The first-order valence-electron chi connectivity index (χ1n) is 9.08. The van der Waals surface area contributed by atoms with E-state index in [0.29, 0.717) is 11.4 Å². The fourth-order valence-electron chi connectivity index (χ4n) is 3.38. The first kappa shape index (κ1) is 19.0. The molecule has 0 radical (unpaired) electrons. The van der Waals surface area contributed by atoms with Crippen LogP contribution in [0.25, 0.3) is 0 Å². The largest absolute Gasteiger partial charge is 0.495 e. The lowest BCUT2D eigenvalue weighted by atomic mass is 10.1. The molecule has 0 aliphatic carbocycles. The number of aromatic nitrogens is 1. The van der Waals surface area contributed by atoms with Gasteiger partial charge in [0.1, 0.15) is 5.75 Å². The minimum Gasteiger partial charge on any atom is -0.495 e. The molecule has 144 valence electrons. The molecule has 1 aliphatic rings. The predicted molar refractivity (Wildman–Crippen MR) is 104 cm³/mol. The Bertz CT molecular complexity index is 830. The third kappa shape index (κ3) is 4.49. The molecule has 1 aromatic carbocycles. The van der Waals surface area contributed by atoms with Crippen molar-refractivity contribution in [1.82, 2.24) is 14.8 Å². The zero-order chi connectivity index (χ0) is 19.4. The number of carbonyl (C=O) groups excluding carboxylic acids is 2. The van der Waals surface area contributed by atoms with Crippen molar-refractivity contribution in [2.24, 2.45) is 0 Å². The average molecular weight is 370 g/mol. The number of benzene rings is 1. The molecular weight excluding hydrogens is 344 g/mol. The van der Waals surface area contributed by atoms with Gasteiger partial charge >= 0.3 is 0 Å². The molecule has 0 unspecified atom stereocenters. The molecule has 1 atom stereocenters. The number of methoxy groups -OCH3 is 1. The molecule has 2 amide bonds. The maximum atomic E-state index is 12.3. The first-order valence-corrected chi connectivity index (χ1v) is 9.08. The minimum absolute atomic E-state index is 0.0749. The van der Waals surface area contributed by atoms with Crippen LogP contribution >= 0.6 is 0 Å². The Hall–Kier alpha value is -2.80. The Morgan fingerprint density at radius 3 is 2.81 bits per heavy atom. The summed E-state index contributed by atoms with van der Waals surface area (Å²) in [5, 5.41) is 5.48. The van der Waals surface area contributed by atoms with Gasteiger partial charge in [-0.3, -0.25) is 14.5 Å². The van der Waals surface area contributed by atoms with Crippen LogP contribution in [-0.4, -0.2) is 48.0 Å². The van der Waals surface area contributed by atoms with Crippen LogP contribution in [0.4, 0.5) is 5.69 Å². The molecule has 0 saturated carbocycles. The molecule has 1 aromatic heterocycles. The lowest BCUT2D eigenvalue weighted by Crippen LogP contribution is -2.44. The number of hydrogen-bond acceptors (Lipinski definition) is 4. The van der Waals surface area contributed by atoms with Gasteiger partial charge in [0.2, 0.25) is 11.8 Å². The van der Waals surface area contributed by atoms with E-state index in [4.69, 9.17) is 4.74 Å². The van der Waals surface area contributed by atoms with Gasteiger partial charge in [-0.05, 0) is 43.7 Å². The van der Waals surface area contributed by atoms with E-state index >= 15 is 0 Å². The lowest BCUT2D eigenvalue weighted by molar-refractivity contribution is -0.125. The number of nitrogens with one attached hydrogen (secondary N) is 2. The number of nitrogens with zero attached hydrogens (tertiary/aromatic N) is 2. The normalized spacial score (nSPS) is 16.5. The fraction of sp³-hybridized carbons (Fsp3) is 0.400. The molecule has 1 aliphatic heterocycles. The summed E-state index contributed by atoms with van der Waals surface area (Å²) < 4.78 is 7.46. The van der Waals surface area contributed by atoms with E-state index in [1.54, 1.807) is 13.2 Å². The fourth-order valence-corrected chi connectivity index (χ4v) is 3.38. The number of aryl methyl sites for hydroxylation is 1. The molecule has 2 N–H and O–H groups in total. The highest BCUT2D eigenvalue weighted by Crippen LogP contribution is 2.25. The molecule has 0 fully saturated rings. The molecule has 2 aromatic rings. The van der Waals surface area contributed by atoms with Crippen LogP contribution in [0.15, 0.2) is 36.5 Å². The second-order valence-corrected chi connectivity index (χ2v) is 6.80. The van der Waals surface area contributed by atoms with Gasteiger partial charge < -0.3 is 19.9 Å². The Morgan fingerprint density at radius 2 is 2.04 bits per heavy atom. The average Bonchev–Trinajstić information content (AvgIpc) is 3.12. The maximum Gasteiger partial charge on any atom is 0.243 e. The van der Waals surface area contributed by atoms with Gasteiger partial charge in [0.25, 0.3) is 0 Å². The van der Waals surface area contributed by atoms with E-state index in [-0.39, 0.29) is 30.9 Å².